The standard InChI is InChI=1S/C15H19BrFN3S/c1-15(2,3)14-13(21-20-19-14)12(18-4)8-9-7-10(16)5-6-11(9)17/h5-7,12,18H,8H2,1-4H3. The molecule has 0 amide bonds. The number of rotatable bonds is 4. The second-order valence-corrected chi connectivity index (χ2v) is 7.72. The summed E-state index contributed by atoms with van der Waals surface area (Å²) in [7, 11) is 1.88. The van der Waals surface area contributed by atoms with Gasteiger partial charge >= 0.3 is 0 Å². The summed E-state index contributed by atoms with van der Waals surface area (Å²) in [6.45, 7) is 6.33. The minimum atomic E-state index is -0.187. The van der Waals surface area contributed by atoms with Gasteiger partial charge in [-0.15, -0.1) is 5.10 Å². The van der Waals surface area contributed by atoms with Crippen molar-refractivity contribution >= 4 is 27.5 Å². The fraction of sp³-hybridized carbons (Fsp3) is 0.467. The lowest BCUT2D eigenvalue weighted by Gasteiger charge is -2.21. The number of likely N-dealkylation sites (N-methyl/N-ethyl adjacent to an activating group) is 1. The monoisotopic (exact) mass is 371 g/mol. The average molecular weight is 372 g/mol. The lowest BCUT2D eigenvalue weighted by Crippen LogP contribution is -2.23. The van der Waals surface area contributed by atoms with Crippen molar-refractivity contribution in [1.82, 2.24) is 14.9 Å². The van der Waals surface area contributed by atoms with Crippen molar-refractivity contribution in [1.29, 1.82) is 0 Å². The molecule has 21 heavy (non-hydrogen) atoms. The third-order valence-corrected chi connectivity index (χ3v) is 4.65. The molecule has 2 rings (SSSR count). The Labute approximate surface area is 137 Å². The molecule has 0 fully saturated rings. The summed E-state index contributed by atoms with van der Waals surface area (Å²) >= 11 is 4.77. The van der Waals surface area contributed by atoms with Crippen LogP contribution in [-0.4, -0.2) is 16.6 Å². The highest BCUT2D eigenvalue weighted by Gasteiger charge is 2.27. The highest BCUT2D eigenvalue weighted by molar-refractivity contribution is 9.10. The zero-order valence-corrected chi connectivity index (χ0v) is 15.0. The molecule has 1 N–H and O–H groups in total. The third-order valence-electron chi connectivity index (χ3n) is 3.32. The molecule has 114 valence electrons. The van der Waals surface area contributed by atoms with Crippen molar-refractivity contribution < 1.29 is 4.39 Å². The number of nitrogens with one attached hydrogen (secondary N) is 1. The summed E-state index contributed by atoms with van der Waals surface area (Å²) in [5.74, 6) is -0.187. The van der Waals surface area contributed by atoms with Crippen LogP contribution in [0.5, 0.6) is 0 Å². The van der Waals surface area contributed by atoms with Gasteiger partial charge in [-0.2, -0.15) is 0 Å². The van der Waals surface area contributed by atoms with Crippen LogP contribution in [0, 0.1) is 5.82 Å². The molecule has 6 heteroatoms. The van der Waals surface area contributed by atoms with Crippen LogP contribution in [0.2, 0.25) is 0 Å². The third kappa shape index (κ3) is 3.87. The Morgan fingerprint density at radius 1 is 1.38 bits per heavy atom. The van der Waals surface area contributed by atoms with E-state index in [0.717, 1.165) is 15.0 Å². The lowest BCUT2D eigenvalue weighted by molar-refractivity contribution is 0.521. The Morgan fingerprint density at radius 3 is 2.71 bits per heavy atom. The van der Waals surface area contributed by atoms with E-state index < -0.39 is 0 Å². The second kappa shape index (κ2) is 6.50. The summed E-state index contributed by atoms with van der Waals surface area (Å²) in [5.41, 5.74) is 1.58. The van der Waals surface area contributed by atoms with Crippen LogP contribution in [0.15, 0.2) is 22.7 Å². The first-order valence-electron chi connectivity index (χ1n) is 6.77. The number of nitrogens with zero attached hydrogens (tertiary/aromatic N) is 2. The molecular weight excluding hydrogens is 353 g/mol. The predicted molar refractivity (Wildman–Crippen MR) is 88.2 cm³/mol. The Bertz CT molecular complexity index is 622. The summed E-state index contributed by atoms with van der Waals surface area (Å²) in [6, 6.07) is 5.03. The predicted octanol–water partition coefficient (Wildman–Crippen LogP) is 4.24. The van der Waals surface area contributed by atoms with E-state index >= 15 is 0 Å². The summed E-state index contributed by atoms with van der Waals surface area (Å²) in [4.78, 5) is 1.07. The van der Waals surface area contributed by atoms with Crippen molar-refractivity contribution in [2.45, 2.75) is 38.6 Å². The molecule has 0 saturated carbocycles. The maximum atomic E-state index is 14.0. The largest absolute Gasteiger partial charge is 0.312 e. The van der Waals surface area contributed by atoms with Gasteiger partial charge in [-0.05, 0) is 48.8 Å². The van der Waals surface area contributed by atoms with E-state index in [1.807, 2.05) is 13.1 Å². The van der Waals surface area contributed by atoms with E-state index in [-0.39, 0.29) is 17.3 Å². The molecule has 1 unspecified atom stereocenters. The second-order valence-electron chi connectivity index (χ2n) is 6.02. The molecule has 3 nitrogen and oxygen atoms in total. The summed E-state index contributed by atoms with van der Waals surface area (Å²) in [5, 5.41) is 7.52. The van der Waals surface area contributed by atoms with Gasteiger partial charge in [-0.1, -0.05) is 41.2 Å². The molecule has 1 heterocycles. The molecule has 0 aliphatic heterocycles. The lowest BCUT2D eigenvalue weighted by atomic mass is 9.89. The SMILES string of the molecule is CNC(Cc1cc(Br)ccc1F)c1snnc1C(C)(C)C. The molecule has 1 atom stereocenters. The summed E-state index contributed by atoms with van der Waals surface area (Å²) in [6.07, 6.45) is 0.564. The van der Waals surface area contributed by atoms with Crippen molar-refractivity contribution in [2.24, 2.45) is 0 Å². The van der Waals surface area contributed by atoms with Gasteiger partial charge in [0.15, 0.2) is 0 Å². The van der Waals surface area contributed by atoms with E-state index in [4.69, 9.17) is 0 Å². The van der Waals surface area contributed by atoms with Crippen LogP contribution in [-0.2, 0) is 11.8 Å². The number of hydrogen-bond acceptors (Lipinski definition) is 4. The molecule has 0 saturated heterocycles. The van der Waals surface area contributed by atoms with E-state index in [1.165, 1.54) is 17.6 Å². The molecule has 0 aliphatic rings. The van der Waals surface area contributed by atoms with E-state index in [1.54, 1.807) is 6.07 Å². The molecule has 0 bridgehead atoms. The molecule has 0 radical (unpaired) electrons. The smallest absolute Gasteiger partial charge is 0.126 e. The van der Waals surface area contributed by atoms with Gasteiger partial charge in [0.05, 0.1) is 10.6 Å². The van der Waals surface area contributed by atoms with E-state index in [2.05, 4.69) is 51.6 Å². The first-order chi connectivity index (χ1) is 9.82. The molecule has 0 aliphatic carbocycles. The molecule has 1 aromatic carbocycles. The van der Waals surface area contributed by atoms with E-state index in [0.29, 0.717) is 12.0 Å². The first-order valence-corrected chi connectivity index (χ1v) is 8.33. The maximum Gasteiger partial charge on any atom is 0.126 e. The Morgan fingerprint density at radius 2 is 2.10 bits per heavy atom. The van der Waals surface area contributed by atoms with Crippen LogP contribution in [0.4, 0.5) is 4.39 Å². The Hall–Kier alpha value is -0.850. The van der Waals surface area contributed by atoms with Crippen molar-refractivity contribution in [2.75, 3.05) is 7.05 Å². The van der Waals surface area contributed by atoms with Crippen LogP contribution < -0.4 is 5.32 Å². The van der Waals surface area contributed by atoms with Gasteiger partial charge < -0.3 is 5.32 Å². The molecule has 0 spiro atoms. The maximum absolute atomic E-state index is 14.0. The fourth-order valence-electron chi connectivity index (χ4n) is 2.19. The quantitative estimate of drug-likeness (QED) is 0.873. The van der Waals surface area contributed by atoms with Crippen LogP contribution in [0.25, 0.3) is 0 Å². The normalized spacial score (nSPS) is 13.4. The van der Waals surface area contributed by atoms with Crippen LogP contribution >= 0.6 is 27.5 Å². The van der Waals surface area contributed by atoms with Gasteiger partial charge in [0.2, 0.25) is 0 Å². The number of benzene rings is 1. The number of halogens is 2. The van der Waals surface area contributed by atoms with Crippen LogP contribution in [0.1, 0.15) is 42.9 Å². The molecule has 1 aromatic heterocycles. The summed E-state index contributed by atoms with van der Waals surface area (Å²) < 4.78 is 18.9. The van der Waals surface area contributed by atoms with Crippen molar-refractivity contribution in [3.63, 3.8) is 0 Å². The minimum absolute atomic E-state index is 0.00280. The minimum Gasteiger partial charge on any atom is -0.312 e. The first kappa shape index (κ1) is 16.5. The van der Waals surface area contributed by atoms with Crippen LogP contribution in [0.3, 0.4) is 0 Å². The number of hydrogen-bond donors (Lipinski definition) is 1. The van der Waals surface area contributed by atoms with Gasteiger partial charge in [0, 0.05) is 15.9 Å². The molecule has 2 aromatic rings. The molecular formula is C15H19BrFN3S. The van der Waals surface area contributed by atoms with Gasteiger partial charge in [0.1, 0.15) is 5.82 Å². The Kier molecular flexibility index (Phi) is 5.11. The Balaban J connectivity index is 2.33. The zero-order valence-electron chi connectivity index (χ0n) is 12.6. The van der Waals surface area contributed by atoms with Gasteiger partial charge in [-0.25, -0.2) is 4.39 Å². The van der Waals surface area contributed by atoms with Gasteiger partial charge in [0.25, 0.3) is 0 Å². The fourth-order valence-corrected chi connectivity index (χ4v) is 3.57. The topological polar surface area (TPSA) is 37.8 Å². The van der Waals surface area contributed by atoms with Gasteiger partial charge in [-0.3, -0.25) is 0 Å². The van der Waals surface area contributed by atoms with Crippen molar-refractivity contribution in [3.8, 4) is 0 Å². The van der Waals surface area contributed by atoms with Crippen molar-refractivity contribution in [3.05, 3.63) is 44.6 Å². The highest BCUT2D eigenvalue weighted by Crippen LogP contribution is 2.32. The van der Waals surface area contributed by atoms with E-state index in [9.17, 15) is 4.39 Å². The average Bonchev–Trinajstić information content (AvgIpc) is 2.89. The number of aromatic nitrogens is 2. The highest BCUT2D eigenvalue weighted by atomic mass is 79.9. The zero-order chi connectivity index (χ0) is 15.6.